The van der Waals surface area contributed by atoms with E-state index in [1.54, 1.807) is 11.9 Å². The molecule has 2 atom stereocenters. The number of hydrogen-bond acceptors (Lipinski definition) is 3. The fourth-order valence-electron chi connectivity index (χ4n) is 3.51. The molecule has 1 N–H and O–H groups in total. The molecule has 23 heavy (non-hydrogen) atoms. The van der Waals surface area contributed by atoms with Crippen LogP contribution in [0.2, 0.25) is 0 Å². The summed E-state index contributed by atoms with van der Waals surface area (Å²) in [7, 11) is -1.54. The number of rotatable bonds is 1. The van der Waals surface area contributed by atoms with Crippen LogP contribution in [0.4, 0.5) is 10.5 Å². The van der Waals surface area contributed by atoms with E-state index >= 15 is 0 Å². The first kappa shape index (κ1) is 16.3. The molecule has 2 saturated heterocycles. The lowest BCUT2D eigenvalue weighted by molar-refractivity contribution is 0.212. The predicted octanol–water partition coefficient (Wildman–Crippen LogP) is 1.88. The first-order valence-corrected chi connectivity index (χ1v) is 9.46. The van der Waals surface area contributed by atoms with Crippen LogP contribution in [0.25, 0.3) is 0 Å². The fraction of sp³-hybridized carbons (Fsp3) is 0.562. The molecule has 0 saturated carbocycles. The molecule has 2 amide bonds. The molecule has 126 valence electrons. The summed E-state index contributed by atoms with van der Waals surface area (Å²) < 4.78 is 26.1. The molecule has 1 aromatic carbocycles. The normalized spacial score (nSPS) is 27.3. The first-order valence-electron chi connectivity index (χ1n) is 7.96. The van der Waals surface area contributed by atoms with Gasteiger partial charge in [0.05, 0.1) is 5.25 Å². The minimum absolute atomic E-state index is 0.126. The lowest BCUT2D eigenvalue weighted by atomic mass is 10.0. The number of aryl methyl sites for hydroxylation is 1. The third-order valence-corrected chi connectivity index (χ3v) is 7.37. The fourth-order valence-corrected chi connectivity index (χ4v) is 5.49. The van der Waals surface area contributed by atoms with Crippen molar-refractivity contribution in [1.82, 2.24) is 9.21 Å². The van der Waals surface area contributed by atoms with Crippen molar-refractivity contribution in [2.24, 2.45) is 5.92 Å². The van der Waals surface area contributed by atoms with Crippen molar-refractivity contribution < 1.29 is 13.2 Å². The Labute approximate surface area is 137 Å². The summed E-state index contributed by atoms with van der Waals surface area (Å²) in [5, 5.41) is 2.59. The Hall–Kier alpha value is -1.60. The molecule has 7 heteroatoms. The number of sulfonamides is 1. The van der Waals surface area contributed by atoms with Gasteiger partial charge in [-0.15, -0.1) is 0 Å². The number of carbonyl (C=O) groups excluding carboxylic acids is 1. The Bertz CT molecular complexity index is 704. The SMILES string of the molecule is Cc1ccccc1NC(=O)N1CC[C@@H]2CN(C)S(=O)(=O)[C@@H]2CC1. The average molecular weight is 337 g/mol. The molecular formula is C16H23N3O3S. The van der Waals surface area contributed by atoms with Gasteiger partial charge in [0.15, 0.2) is 0 Å². The largest absolute Gasteiger partial charge is 0.324 e. The van der Waals surface area contributed by atoms with Gasteiger partial charge < -0.3 is 10.2 Å². The molecular weight excluding hydrogens is 314 g/mol. The second-order valence-corrected chi connectivity index (χ2v) is 8.69. The number of benzene rings is 1. The quantitative estimate of drug-likeness (QED) is 0.851. The molecule has 0 bridgehead atoms. The Kier molecular flexibility index (Phi) is 4.33. The number of amides is 2. The van der Waals surface area contributed by atoms with Crippen molar-refractivity contribution in [2.45, 2.75) is 25.0 Å². The Morgan fingerprint density at radius 1 is 1.22 bits per heavy atom. The predicted molar refractivity (Wildman–Crippen MR) is 89.8 cm³/mol. The number of nitrogens with one attached hydrogen (secondary N) is 1. The van der Waals surface area contributed by atoms with Crippen molar-refractivity contribution in [1.29, 1.82) is 0 Å². The molecule has 1 aromatic rings. The van der Waals surface area contributed by atoms with Crippen LogP contribution in [-0.2, 0) is 10.0 Å². The number of carbonyl (C=O) groups is 1. The molecule has 2 fully saturated rings. The van der Waals surface area contributed by atoms with Gasteiger partial charge in [0, 0.05) is 32.4 Å². The van der Waals surface area contributed by atoms with Crippen LogP contribution in [0.1, 0.15) is 18.4 Å². The molecule has 6 nitrogen and oxygen atoms in total. The highest BCUT2D eigenvalue weighted by Gasteiger charge is 2.45. The molecule has 0 radical (unpaired) electrons. The third-order valence-electron chi connectivity index (χ3n) is 4.96. The van der Waals surface area contributed by atoms with E-state index in [0.29, 0.717) is 26.1 Å². The Morgan fingerprint density at radius 2 is 1.91 bits per heavy atom. The summed E-state index contributed by atoms with van der Waals surface area (Å²) in [6.07, 6.45) is 1.24. The zero-order valence-electron chi connectivity index (χ0n) is 13.5. The van der Waals surface area contributed by atoms with Gasteiger partial charge in [-0.25, -0.2) is 17.5 Å². The number of fused-ring (bicyclic) bond motifs is 1. The summed E-state index contributed by atoms with van der Waals surface area (Å²) in [5.74, 6) is 0.126. The summed E-state index contributed by atoms with van der Waals surface area (Å²) >= 11 is 0. The van der Waals surface area contributed by atoms with E-state index in [1.165, 1.54) is 4.31 Å². The van der Waals surface area contributed by atoms with Gasteiger partial charge in [-0.2, -0.15) is 0 Å². The van der Waals surface area contributed by atoms with Crippen molar-refractivity contribution in [3.05, 3.63) is 29.8 Å². The lowest BCUT2D eigenvalue weighted by Gasteiger charge is -2.22. The molecule has 2 heterocycles. The maximum Gasteiger partial charge on any atom is 0.321 e. The molecule has 0 unspecified atom stereocenters. The number of hydrogen-bond donors (Lipinski definition) is 1. The van der Waals surface area contributed by atoms with Crippen molar-refractivity contribution in [3.63, 3.8) is 0 Å². The molecule has 0 spiro atoms. The van der Waals surface area contributed by atoms with Crippen molar-refractivity contribution in [2.75, 3.05) is 32.0 Å². The summed E-state index contributed by atoms with van der Waals surface area (Å²) in [4.78, 5) is 14.2. The maximum absolute atomic E-state index is 12.5. The lowest BCUT2D eigenvalue weighted by Crippen LogP contribution is -2.37. The zero-order valence-corrected chi connectivity index (χ0v) is 14.3. The smallest absolute Gasteiger partial charge is 0.321 e. The second kappa shape index (κ2) is 6.13. The van der Waals surface area contributed by atoms with E-state index in [9.17, 15) is 13.2 Å². The van der Waals surface area contributed by atoms with E-state index in [1.807, 2.05) is 31.2 Å². The molecule has 0 aliphatic carbocycles. The van der Waals surface area contributed by atoms with Gasteiger partial charge in [-0.3, -0.25) is 0 Å². The number of nitrogens with zero attached hydrogens (tertiary/aromatic N) is 2. The summed E-state index contributed by atoms with van der Waals surface area (Å²) in [6, 6.07) is 7.49. The molecule has 3 rings (SSSR count). The van der Waals surface area contributed by atoms with E-state index in [2.05, 4.69) is 5.32 Å². The summed E-state index contributed by atoms with van der Waals surface area (Å²) in [6.45, 7) is 3.60. The highest BCUT2D eigenvalue weighted by Crippen LogP contribution is 2.33. The highest BCUT2D eigenvalue weighted by molar-refractivity contribution is 7.90. The van der Waals surface area contributed by atoms with E-state index in [0.717, 1.165) is 17.7 Å². The Balaban J connectivity index is 1.68. The van der Waals surface area contributed by atoms with Gasteiger partial charge in [0.2, 0.25) is 10.0 Å². The number of anilines is 1. The summed E-state index contributed by atoms with van der Waals surface area (Å²) in [5.41, 5.74) is 1.81. The van der Waals surface area contributed by atoms with Gasteiger partial charge in [0.1, 0.15) is 0 Å². The minimum Gasteiger partial charge on any atom is -0.324 e. The zero-order chi connectivity index (χ0) is 16.6. The molecule has 2 aliphatic heterocycles. The third kappa shape index (κ3) is 3.07. The number of urea groups is 1. The van der Waals surface area contributed by atoms with Gasteiger partial charge in [-0.05, 0) is 37.3 Å². The van der Waals surface area contributed by atoms with Crippen LogP contribution < -0.4 is 5.32 Å². The van der Waals surface area contributed by atoms with Crippen LogP contribution >= 0.6 is 0 Å². The Morgan fingerprint density at radius 3 is 2.65 bits per heavy atom. The van der Waals surface area contributed by atoms with Gasteiger partial charge in [0.25, 0.3) is 0 Å². The van der Waals surface area contributed by atoms with Crippen LogP contribution in [-0.4, -0.2) is 55.6 Å². The number of para-hydroxylation sites is 1. The second-order valence-electron chi connectivity index (χ2n) is 6.43. The van der Waals surface area contributed by atoms with Gasteiger partial charge in [-0.1, -0.05) is 18.2 Å². The van der Waals surface area contributed by atoms with Crippen LogP contribution in [0.15, 0.2) is 24.3 Å². The number of likely N-dealkylation sites (tertiary alicyclic amines) is 1. The standard InChI is InChI=1S/C16H23N3O3S/c1-12-5-3-4-6-14(12)17-16(20)19-9-7-13-11-18(2)23(21,22)15(13)8-10-19/h3-6,13,15H,7-11H2,1-2H3,(H,17,20)/t13-,15-/m1/s1. The molecule has 0 aromatic heterocycles. The van der Waals surface area contributed by atoms with Crippen LogP contribution in [0, 0.1) is 12.8 Å². The van der Waals surface area contributed by atoms with Gasteiger partial charge >= 0.3 is 6.03 Å². The van der Waals surface area contributed by atoms with E-state index < -0.39 is 10.0 Å². The van der Waals surface area contributed by atoms with Crippen molar-refractivity contribution >= 4 is 21.7 Å². The van der Waals surface area contributed by atoms with Crippen molar-refractivity contribution in [3.8, 4) is 0 Å². The highest BCUT2D eigenvalue weighted by atomic mass is 32.2. The maximum atomic E-state index is 12.5. The van der Waals surface area contributed by atoms with E-state index in [4.69, 9.17) is 0 Å². The topological polar surface area (TPSA) is 69.7 Å². The molecule has 2 aliphatic rings. The van der Waals surface area contributed by atoms with E-state index in [-0.39, 0.29) is 17.2 Å². The minimum atomic E-state index is -3.19. The van der Waals surface area contributed by atoms with Crippen LogP contribution in [0.5, 0.6) is 0 Å². The average Bonchev–Trinajstić information content (AvgIpc) is 2.67. The van der Waals surface area contributed by atoms with Crippen LogP contribution in [0.3, 0.4) is 0 Å². The monoisotopic (exact) mass is 337 g/mol. The first-order chi connectivity index (χ1) is 10.9.